The van der Waals surface area contributed by atoms with E-state index < -0.39 is 11.0 Å². The van der Waals surface area contributed by atoms with Gasteiger partial charge in [0.25, 0.3) is 5.69 Å². The third-order valence-corrected chi connectivity index (χ3v) is 5.24. The van der Waals surface area contributed by atoms with Gasteiger partial charge in [0, 0.05) is 29.8 Å². The number of nitrogens with zero attached hydrogens (tertiary/aromatic N) is 4. The van der Waals surface area contributed by atoms with E-state index in [1.807, 2.05) is 6.92 Å². The summed E-state index contributed by atoms with van der Waals surface area (Å²) in [5, 5.41) is 19.6. The predicted octanol–water partition coefficient (Wildman–Crippen LogP) is 3.32. The first-order chi connectivity index (χ1) is 12.6. The number of carbonyl (C=O) groups is 1. The Balaban J connectivity index is 1.88. The van der Waals surface area contributed by atoms with E-state index in [9.17, 15) is 14.9 Å². The van der Waals surface area contributed by atoms with Crippen molar-refractivity contribution in [2.24, 2.45) is 0 Å². The summed E-state index contributed by atoms with van der Waals surface area (Å²) >= 11 is 1.51. The summed E-state index contributed by atoms with van der Waals surface area (Å²) in [4.78, 5) is 28.0. The van der Waals surface area contributed by atoms with E-state index in [4.69, 9.17) is 0 Å². The van der Waals surface area contributed by atoms with Crippen LogP contribution in [0, 0.1) is 10.1 Å². The molecule has 0 radical (unpaired) electrons. The average Bonchev–Trinajstić information content (AvgIpc) is 3.02. The molecule has 1 aliphatic carbocycles. The quantitative estimate of drug-likeness (QED) is 0.499. The van der Waals surface area contributed by atoms with Crippen LogP contribution in [-0.4, -0.2) is 31.2 Å². The van der Waals surface area contributed by atoms with Gasteiger partial charge in [-0.05, 0) is 24.2 Å². The molecule has 0 saturated carbocycles. The lowest BCUT2D eigenvalue weighted by Gasteiger charge is -2.32. The third-order valence-electron chi connectivity index (χ3n) is 4.52. The van der Waals surface area contributed by atoms with Crippen molar-refractivity contribution in [3.8, 4) is 0 Å². The van der Waals surface area contributed by atoms with Crippen LogP contribution < -0.4 is 5.32 Å². The van der Waals surface area contributed by atoms with E-state index in [0.29, 0.717) is 28.7 Å². The molecule has 2 heterocycles. The van der Waals surface area contributed by atoms with Gasteiger partial charge in [0.2, 0.25) is 11.1 Å². The van der Waals surface area contributed by atoms with E-state index in [0.717, 1.165) is 24.3 Å². The molecular formula is C17H17N5O3S. The van der Waals surface area contributed by atoms with Crippen molar-refractivity contribution < 1.29 is 9.72 Å². The Hall–Kier alpha value is -2.68. The number of nitro groups is 1. The standard InChI is InChI=1S/C17H17N5O3S/c1-2-26-17-19-16-18-12-7-4-8-13(23)14(12)15(21(16)20-17)10-5-3-6-11(9-10)22(24)25/h3,5-6,9,15H,2,4,7-8H2,1H3,(H,18,19,20)/t15-/m1/s1. The molecule has 1 aromatic carbocycles. The van der Waals surface area contributed by atoms with Crippen LogP contribution in [0.1, 0.15) is 37.8 Å². The molecule has 0 spiro atoms. The van der Waals surface area contributed by atoms with Crippen LogP contribution in [0.5, 0.6) is 0 Å². The maximum atomic E-state index is 12.7. The monoisotopic (exact) mass is 371 g/mol. The molecule has 0 fully saturated rings. The van der Waals surface area contributed by atoms with Crippen LogP contribution in [0.15, 0.2) is 40.7 Å². The Kier molecular flexibility index (Phi) is 4.23. The largest absolute Gasteiger partial charge is 0.328 e. The van der Waals surface area contributed by atoms with Crippen molar-refractivity contribution in [3.63, 3.8) is 0 Å². The molecule has 1 aromatic heterocycles. The number of benzene rings is 1. The molecule has 2 aliphatic rings. The van der Waals surface area contributed by atoms with Crippen molar-refractivity contribution in [2.45, 2.75) is 37.4 Å². The van der Waals surface area contributed by atoms with Gasteiger partial charge in [-0.1, -0.05) is 30.8 Å². The van der Waals surface area contributed by atoms with Crippen LogP contribution in [0.4, 0.5) is 11.6 Å². The molecule has 9 heteroatoms. The smallest absolute Gasteiger partial charge is 0.269 e. The average molecular weight is 371 g/mol. The highest BCUT2D eigenvalue weighted by atomic mass is 32.2. The topological polar surface area (TPSA) is 103 Å². The number of ketones is 1. The lowest BCUT2D eigenvalue weighted by atomic mass is 9.85. The molecule has 1 atom stereocenters. The fourth-order valence-electron chi connectivity index (χ4n) is 3.44. The number of carbonyl (C=O) groups excluding carboxylic acids is 1. The van der Waals surface area contributed by atoms with Crippen LogP contribution >= 0.6 is 11.8 Å². The molecule has 134 valence electrons. The molecule has 8 nitrogen and oxygen atoms in total. The number of allylic oxidation sites excluding steroid dienone is 2. The van der Waals surface area contributed by atoms with Gasteiger partial charge in [-0.25, -0.2) is 4.68 Å². The van der Waals surface area contributed by atoms with E-state index in [2.05, 4.69) is 15.4 Å². The number of fused-ring (bicyclic) bond motifs is 1. The van der Waals surface area contributed by atoms with Crippen LogP contribution in [-0.2, 0) is 4.79 Å². The highest BCUT2D eigenvalue weighted by Crippen LogP contribution is 2.41. The molecule has 0 saturated heterocycles. The number of non-ortho nitro benzene ring substituents is 1. The first-order valence-electron chi connectivity index (χ1n) is 8.45. The summed E-state index contributed by atoms with van der Waals surface area (Å²) in [6.07, 6.45) is 2.03. The van der Waals surface area contributed by atoms with Gasteiger partial charge in [0.15, 0.2) is 5.78 Å². The number of anilines is 1. The molecule has 2 aromatic rings. The summed E-state index contributed by atoms with van der Waals surface area (Å²) in [5.41, 5.74) is 2.16. The normalized spacial score (nSPS) is 19.0. The lowest BCUT2D eigenvalue weighted by molar-refractivity contribution is -0.384. The number of Topliss-reactive ketones (excluding diaryl/α,β-unsaturated/α-hetero) is 1. The molecule has 26 heavy (non-hydrogen) atoms. The summed E-state index contributed by atoms with van der Waals surface area (Å²) in [5.74, 6) is 1.46. The van der Waals surface area contributed by atoms with Gasteiger partial charge in [-0.15, -0.1) is 5.10 Å². The Bertz CT molecular complexity index is 936. The Morgan fingerprint density at radius 2 is 2.27 bits per heavy atom. The fraction of sp³-hybridized carbons (Fsp3) is 0.353. The number of nitro benzene ring substituents is 1. The highest BCUT2D eigenvalue weighted by Gasteiger charge is 2.37. The first-order valence-corrected chi connectivity index (χ1v) is 9.44. The molecule has 4 rings (SSSR count). The third kappa shape index (κ3) is 2.78. The van der Waals surface area contributed by atoms with E-state index >= 15 is 0 Å². The lowest BCUT2D eigenvalue weighted by Crippen LogP contribution is -2.31. The van der Waals surface area contributed by atoms with Gasteiger partial charge >= 0.3 is 0 Å². The number of rotatable bonds is 4. The second-order valence-electron chi connectivity index (χ2n) is 6.14. The number of thioether (sulfide) groups is 1. The maximum Gasteiger partial charge on any atom is 0.269 e. The van der Waals surface area contributed by atoms with Crippen molar-refractivity contribution in [1.82, 2.24) is 14.8 Å². The summed E-state index contributed by atoms with van der Waals surface area (Å²) < 4.78 is 1.68. The van der Waals surface area contributed by atoms with Crippen molar-refractivity contribution >= 4 is 29.2 Å². The van der Waals surface area contributed by atoms with Crippen LogP contribution in [0.25, 0.3) is 0 Å². The van der Waals surface area contributed by atoms with Gasteiger partial charge in [0.05, 0.1) is 4.92 Å². The van der Waals surface area contributed by atoms with Crippen LogP contribution in [0.3, 0.4) is 0 Å². The zero-order valence-electron chi connectivity index (χ0n) is 14.1. The van der Waals surface area contributed by atoms with Crippen molar-refractivity contribution in [1.29, 1.82) is 0 Å². The number of hydrogen-bond donors (Lipinski definition) is 1. The number of hydrogen-bond acceptors (Lipinski definition) is 7. The second-order valence-corrected chi connectivity index (χ2v) is 7.38. The second kappa shape index (κ2) is 6.56. The minimum atomic E-state index is -0.493. The molecule has 1 N–H and O–H groups in total. The van der Waals surface area contributed by atoms with Crippen LogP contribution in [0.2, 0.25) is 0 Å². The molecule has 0 amide bonds. The minimum Gasteiger partial charge on any atom is -0.328 e. The molecular weight excluding hydrogens is 354 g/mol. The van der Waals surface area contributed by atoms with Gasteiger partial charge in [-0.3, -0.25) is 14.9 Å². The van der Waals surface area contributed by atoms with E-state index in [1.54, 1.807) is 16.8 Å². The Morgan fingerprint density at radius 1 is 1.42 bits per heavy atom. The fourth-order valence-corrected chi connectivity index (χ4v) is 4.00. The minimum absolute atomic E-state index is 0.00346. The summed E-state index contributed by atoms with van der Waals surface area (Å²) in [6, 6.07) is 5.91. The first kappa shape index (κ1) is 16.8. The Labute approximate surface area is 153 Å². The molecule has 1 aliphatic heterocycles. The van der Waals surface area contributed by atoms with Gasteiger partial charge < -0.3 is 5.32 Å². The maximum absolute atomic E-state index is 12.7. The van der Waals surface area contributed by atoms with Gasteiger partial charge in [-0.2, -0.15) is 4.98 Å². The number of aromatic nitrogens is 3. The SMILES string of the molecule is CCSc1nc2n(n1)[C@H](c1cccc([N+](=O)[O-])c1)C1=C(CCCC1=O)N2. The van der Waals surface area contributed by atoms with E-state index in [1.165, 1.54) is 23.9 Å². The Morgan fingerprint density at radius 3 is 3.04 bits per heavy atom. The molecule has 0 bridgehead atoms. The van der Waals surface area contributed by atoms with Crippen molar-refractivity contribution in [3.05, 3.63) is 51.2 Å². The highest BCUT2D eigenvalue weighted by molar-refractivity contribution is 7.99. The molecule has 0 unspecified atom stereocenters. The van der Waals surface area contributed by atoms with Crippen molar-refractivity contribution in [2.75, 3.05) is 11.1 Å². The summed E-state index contributed by atoms with van der Waals surface area (Å²) in [7, 11) is 0. The van der Waals surface area contributed by atoms with Gasteiger partial charge in [0.1, 0.15) is 6.04 Å². The van der Waals surface area contributed by atoms with E-state index in [-0.39, 0.29) is 11.5 Å². The summed E-state index contributed by atoms with van der Waals surface area (Å²) in [6.45, 7) is 2.02. The predicted molar refractivity (Wildman–Crippen MR) is 97.2 cm³/mol. The zero-order chi connectivity index (χ0) is 18.3. The number of nitrogens with one attached hydrogen (secondary N) is 1. The zero-order valence-corrected chi connectivity index (χ0v) is 15.0.